The predicted molar refractivity (Wildman–Crippen MR) is 58.8 cm³/mol. The number of carbonyl (C=O) groups is 2. The average Bonchev–Trinajstić information content (AvgIpc) is 2.98. The summed E-state index contributed by atoms with van der Waals surface area (Å²) in [6.07, 6.45) is 4.99. The van der Waals surface area contributed by atoms with E-state index in [1.54, 1.807) is 6.08 Å². The van der Waals surface area contributed by atoms with Crippen LogP contribution in [0, 0.1) is 11.8 Å². The summed E-state index contributed by atoms with van der Waals surface area (Å²) in [5, 5.41) is 9.17. The first kappa shape index (κ1) is 11.2. The van der Waals surface area contributed by atoms with Crippen molar-refractivity contribution in [2.45, 2.75) is 31.7 Å². The van der Waals surface area contributed by atoms with Crippen LogP contribution in [0.25, 0.3) is 0 Å². The zero-order valence-electron chi connectivity index (χ0n) is 9.26. The lowest BCUT2D eigenvalue weighted by atomic mass is 10.1. The van der Waals surface area contributed by atoms with E-state index in [0.29, 0.717) is 25.3 Å². The molecule has 0 aromatic carbocycles. The lowest BCUT2D eigenvalue weighted by molar-refractivity contribution is -0.148. The molecular formula is C12H17NO3. The van der Waals surface area contributed by atoms with Gasteiger partial charge in [0.15, 0.2) is 0 Å². The van der Waals surface area contributed by atoms with Crippen LogP contribution in [-0.2, 0) is 9.59 Å². The molecule has 1 aliphatic carbocycles. The van der Waals surface area contributed by atoms with Crippen LogP contribution in [-0.4, -0.2) is 34.5 Å². The Morgan fingerprint density at radius 3 is 2.75 bits per heavy atom. The lowest BCUT2D eigenvalue weighted by Gasteiger charge is -2.24. The number of carboxylic acid groups (broad SMARTS) is 1. The summed E-state index contributed by atoms with van der Waals surface area (Å²) in [7, 11) is 0. The van der Waals surface area contributed by atoms with Crippen molar-refractivity contribution in [1.29, 1.82) is 0 Å². The molecule has 1 saturated carbocycles. The molecule has 1 unspecified atom stereocenters. The Bertz CT molecular complexity index is 322. The highest BCUT2D eigenvalue weighted by atomic mass is 16.4. The second kappa shape index (κ2) is 4.28. The van der Waals surface area contributed by atoms with Gasteiger partial charge >= 0.3 is 5.97 Å². The normalized spacial score (nSPS) is 26.9. The molecule has 16 heavy (non-hydrogen) atoms. The van der Waals surface area contributed by atoms with Gasteiger partial charge < -0.3 is 10.0 Å². The van der Waals surface area contributed by atoms with Crippen molar-refractivity contribution in [3.05, 3.63) is 12.7 Å². The van der Waals surface area contributed by atoms with Gasteiger partial charge in [0.2, 0.25) is 5.91 Å². The molecule has 1 N–H and O–H groups in total. The Balaban J connectivity index is 2.03. The van der Waals surface area contributed by atoms with Gasteiger partial charge in [-0.05, 0) is 12.3 Å². The van der Waals surface area contributed by atoms with Crippen LogP contribution in [0.2, 0.25) is 0 Å². The molecule has 0 spiro atoms. The molecule has 1 saturated heterocycles. The number of rotatable bonds is 5. The van der Waals surface area contributed by atoms with E-state index in [0.717, 1.165) is 12.8 Å². The third kappa shape index (κ3) is 2.26. The molecule has 2 aliphatic rings. The second-order valence-corrected chi connectivity index (χ2v) is 4.78. The minimum Gasteiger partial charge on any atom is -0.480 e. The van der Waals surface area contributed by atoms with E-state index in [2.05, 4.69) is 6.58 Å². The molecular weight excluding hydrogens is 206 g/mol. The Morgan fingerprint density at radius 2 is 2.31 bits per heavy atom. The van der Waals surface area contributed by atoms with Gasteiger partial charge in [-0.15, -0.1) is 6.58 Å². The first-order valence-electron chi connectivity index (χ1n) is 5.76. The summed E-state index contributed by atoms with van der Waals surface area (Å²) in [4.78, 5) is 24.4. The number of carboxylic acids is 1. The van der Waals surface area contributed by atoms with Gasteiger partial charge in [-0.2, -0.15) is 0 Å². The monoisotopic (exact) mass is 223 g/mol. The molecule has 1 heterocycles. The highest BCUT2D eigenvalue weighted by molar-refractivity contribution is 5.85. The third-order valence-corrected chi connectivity index (χ3v) is 3.44. The summed E-state index contributed by atoms with van der Waals surface area (Å²) in [5.74, 6) is -0.284. The molecule has 4 nitrogen and oxygen atoms in total. The van der Waals surface area contributed by atoms with Gasteiger partial charge in [-0.25, -0.2) is 4.79 Å². The zero-order chi connectivity index (χ0) is 11.7. The molecule has 4 heteroatoms. The van der Waals surface area contributed by atoms with Crippen LogP contribution in [0.1, 0.15) is 25.7 Å². The highest BCUT2D eigenvalue weighted by Crippen LogP contribution is 2.36. The van der Waals surface area contributed by atoms with Crippen molar-refractivity contribution in [1.82, 2.24) is 4.90 Å². The molecule has 1 amide bonds. The third-order valence-electron chi connectivity index (χ3n) is 3.44. The summed E-state index contributed by atoms with van der Waals surface area (Å²) < 4.78 is 0. The van der Waals surface area contributed by atoms with E-state index in [-0.39, 0.29) is 11.8 Å². The van der Waals surface area contributed by atoms with E-state index in [9.17, 15) is 9.59 Å². The fraction of sp³-hybridized carbons (Fsp3) is 0.667. The van der Waals surface area contributed by atoms with Crippen LogP contribution in [0.5, 0.6) is 0 Å². The standard InChI is InChI=1S/C12H17NO3/c1-2-8-6-11(14)13(7-8)10(12(15)16)5-9-3-4-9/h2,8-10H,1,3-7H2,(H,15,16)/t8?,10-/m0/s1. The maximum atomic E-state index is 11.7. The summed E-state index contributed by atoms with van der Waals surface area (Å²) in [6.45, 7) is 4.18. The van der Waals surface area contributed by atoms with E-state index < -0.39 is 12.0 Å². The predicted octanol–water partition coefficient (Wildman–Crippen LogP) is 1.27. The Morgan fingerprint density at radius 1 is 1.62 bits per heavy atom. The highest BCUT2D eigenvalue weighted by Gasteiger charge is 2.39. The van der Waals surface area contributed by atoms with Crippen LogP contribution < -0.4 is 0 Å². The quantitative estimate of drug-likeness (QED) is 0.714. The van der Waals surface area contributed by atoms with Gasteiger partial charge in [-0.1, -0.05) is 18.9 Å². The minimum atomic E-state index is -0.870. The number of hydrogen-bond donors (Lipinski definition) is 1. The van der Waals surface area contributed by atoms with Crippen LogP contribution in [0.3, 0.4) is 0 Å². The van der Waals surface area contributed by atoms with Gasteiger partial charge in [0, 0.05) is 18.9 Å². The molecule has 1 aliphatic heterocycles. The molecule has 2 rings (SSSR count). The van der Waals surface area contributed by atoms with Crippen molar-refractivity contribution < 1.29 is 14.7 Å². The first-order chi connectivity index (χ1) is 7.61. The van der Waals surface area contributed by atoms with E-state index in [1.807, 2.05) is 0 Å². The van der Waals surface area contributed by atoms with Crippen LogP contribution >= 0.6 is 0 Å². The molecule has 2 atom stereocenters. The van der Waals surface area contributed by atoms with Crippen LogP contribution in [0.15, 0.2) is 12.7 Å². The van der Waals surface area contributed by atoms with E-state index >= 15 is 0 Å². The van der Waals surface area contributed by atoms with Gasteiger partial charge in [0.25, 0.3) is 0 Å². The van der Waals surface area contributed by atoms with Crippen molar-refractivity contribution in [2.75, 3.05) is 6.54 Å². The van der Waals surface area contributed by atoms with Crippen molar-refractivity contribution in [2.24, 2.45) is 11.8 Å². The SMILES string of the molecule is C=CC1CC(=O)N([C@@H](CC2CC2)C(=O)O)C1. The Kier molecular flexibility index (Phi) is 2.99. The summed E-state index contributed by atoms with van der Waals surface area (Å²) in [6, 6.07) is -0.620. The van der Waals surface area contributed by atoms with Gasteiger partial charge in [0.05, 0.1) is 0 Å². The fourth-order valence-electron chi connectivity index (χ4n) is 2.25. The van der Waals surface area contributed by atoms with Crippen molar-refractivity contribution in [3.8, 4) is 0 Å². The van der Waals surface area contributed by atoms with Crippen molar-refractivity contribution >= 4 is 11.9 Å². The zero-order valence-corrected chi connectivity index (χ0v) is 9.26. The van der Waals surface area contributed by atoms with Gasteiger partial charge in [0.1, 0.15) is 6.04 Å². The largest absolute Gasteiger partial charge is 0.480 e. The lowest BCUT2D eigenvalue weighted by Crippen LogP contribution is -2.42. The number of carbonyl (C=O) groups excluding carboxylic acids is 1. The maximum Gasteiger partial charge on any atom is 0.326 e. The minimum absolute atomic E-state index is 0.0436. The van der Waals surface area contributed by atoms with Crippen molar-refractivity contribution in [3.63, 3.8) is 0 Å². The Labute approximate surface area is 94.9 Å². The van der Waals surface area contributed by atoms with E-state index in [1.165, 1.54) is 4.90 Å². The molecule has 88 valence electrons. The fourth-order valence-corrected chi connectivity index (χ4v) is 2.25. The second-order valence-electron chi connectivity index (χ2n) is 4.78. The Hall–Kier alpha value is -1.32. The summed E-state index contributed by atoms with van der Waals surface area (Å²) >= 11 is 0. The number of nitrogens with zero attached hydrogens (tertiary/aromatic N) is 1. The number of hydrogen-bond acceptors (Lipinski definition) is 2. The summed E-state index contributed by atoms with van der Waals surface area (Å²) in [5.41, 5.74) is 0. The molecule has 0 radical (unpaired) electrons. The topological polar surface area (TPSA) is 57.6 Å². The number of aliphatic carboxylic acids is 1. The van der Waals surface area contributed by atoms with E-state index in [4.69, 9.17) is 5.11 Å². The molecule has 0 aromatic heterocycles. The maximum absolute atomic E-state index is 11.7. The number of amides is 1. The first-order valence-corrected chi connectivity index (χ1v) is 5.76. The molecule has 2 fully saturated rings. The number of likely N-dealkylation sites (tertiary alicyclic amines) is 1. The average molecular weight is 223 g/mol. The smallest absolute Gasteiger partial charge is 0.326 e. The molecule has 0 bridgehead atoms. The van der Waals surface area contributed by atoms with Gasteiger partial charge in [-0.3, -0.25) is 4.79 Å². The molecule has 0 aromatic rings. The van der Waals surface area contributed by atoms with Crippen LogP contribution in [0.4, 0.5) is 0 Å².